The number of hydrazine groups is 1. The first-order valence-electron chi connectivity index (χ1n) is 9.45. The number of anilines is 2. The van der Waals surface area contributed by atoms with Gasteiger partial charge in [-0.1, -0.05) is 18.2 Å². The Morgan fingerprint density at radius 2 is 1.74 bits per heavy atom. The van der Waals surface area contributed by atoms with E-state index in [2.05, 4.69) is 40.0 Å². The van der Waals surface area contributed by atoms with Gasteiger partial charge in [-0.3, -0.25) is 15.6 Å². The molecule has 2 unspecified atom stereocenters. The Kier molecular flexibility index (Phi) is 6.36. The van der Waals surface area contributed by atoms with E-state index in [0.717, 1.165) is 25.1 Å². The van der Waals surface area contributed by atoms with Crippen LogP contribution in [0.15, 0.2) is 42.7 Å². The highest BCUT2D eigenvalue weighted by Gasteiger charge is 2.29. The molecule has 7 nitrogen and oxygen atoms in total. The molecule has 0 bridgehead atoms. The van der Waals surface area contributed by atoms with Gasteiger partial charge in [-0.15, -0.1) is 0 Å². The van der Waals surface area contributed by atoms with E-state index >= 15 is 0 Å². The van der Waals surface area contributed by atoms with Gasteiger partial charge in [0, 0.05) is 43.8 Å². The number of benzene rings is 1. The van der Waals surface area contributed by atoms with Gasteiger partial charge in [-0.2, -0.15) is 0 Å². The van der Waals surface area contributed by atoms with Crippen molar-refractivity contribution in [3.8, 4) is 0 Å². The molecule has 7 heteroatoms. The molecule has 2 aromatic rings. The summed E-state index contributed by atoms with van der Waals surface area (Å²) in [5, 5.41) is 3.11. The number of hydrogen-bond acceptors (Lipinski definition) is 6. The molecule has 1 saturated heterocycles. The second-order valence-corrected chi connectivity index (χ2v) is 7.19. The fraction of sp³-hybridized carbons (Fsp3) is 0.450. The van der Waals surface area contributed by atoms with Crippen LogP contribution in [0.3, 0.4) is 0 Å². The number of rotatable bonds is 7. The van der Waals surface area contributed by atoms with Crippen molar-refractivity contribution in [3.05, 3.63) is 48.3 Å². The number of hydrogen-bond donors (Lipinski definition) is 3. The van der Waals surface area contributed by atoms with Gasteiger partial charge in [0.2, 0.25) is 5.95 Å². The van der Waals surface area contributed by atoms with Gasteiger partial charge in [0.25, 0.3) is 5.91 Å². The van der Waals surface area contributed by atoms with Crippen molar-refractivity contribution >= 4 is 17.5 Å². The first-order chi connectivity index (χ1) is 13.0. The van der Waals surface area contributed by atoms with E-state index in [1.165, 1.54) is 0 Å². The SMILES string of the molecule is CC1NNC(C)C1CCCN(C)C(=O)c1cnc(Nc2ccccc2)nc1. The molecule has 2 heterocycles. The van der Waals surface area contributed by atoms with Crippen molar-refractivity contribution in [2.75, 3.05) is 18.9 Å². The smallest absolute Gasteiger partial charge is 0.256 e. The van der Waals surface area contributed by atoms with E-state index in [9.17, 15) is 4.79 Å². The van der Waals surface area contributed by atoms with Crippen LogP contribution in [0, 0.1) is 5.92 Å². The Balaban J connectivity index is 1.49. The predicted octanol–water partition coefficient (Wildman–Crippen LogP) is 2.57. The second kappa shape index (κ2) is 8.92. The molecular weight excluding hydrogens is 340 g/mol. The third kappa shape index (κ3) is 5.02. The minimum Gasteiger partial charge on any atom is -0.342 e. The summed E-state index contributed by atoms with van der Waals surface area (Å²) in [6.45, 7) is 5.11. The lowest BCUT2D eigenvalue weighted by atomic mass is 9.91. The number of carbonyl (C=O) groups is 1. The van der Waals surface area contributed by atoms with Gasteiger partial charge in [-0.25, -0.2) is 9.97 Å². The van der Waals surface area contributed by atoms with Crippen LogP contribution in [0.25, 0.3) is 0 Å². The predicted molar refractivity (Wildman–Crippen MR) is 107 cm³/mol. The maximum atomic E-state index is 12.6. The van der Waals surface area contributed by atoms with Crippen LogP contribution in [0.1, 0.15) is 37.0 Å². The molecule has 3 N–H and O–H groups in total. The van der Waals surface area contributed by atoms with Crippen LogP contribution >= 0.6 is 0 Å². The van der Waals surface area contributed by atoms with Crippen LogP contribution < -0.4 is 16.2 Å². The molecule has 1 aliphatic heterocycles. The zero-order valence-electron chi connectivity index (χ0n) is 16.1. The highest BCUT2D eigenvalue weighted by atomic mass is 16.2. The summed E-state index contributed by atoms with van der Waals surface area (Å²) in [5.74, 6) is 1.01. The quantitative estimate of drug-likeness (QED) is 0.697. The van der Waals surface area contributed by atoms with Crippen molar-refractivity contribution in [2.24, 2.45) is 5.92 Å². The summed E-state index contributed by atoms with van der Waals surface area (Å²) in [7, 11) is 1.83. The number of aromatic nitrogens is 2. The third-order valence-corrected chi connectivity index (χ3v) is 5.13. The average molecular weight is 368 g/mol. The summed E-state index contributed by atoms with van der Waals surface area (Å²) in [5.41, 5.74) is 7.96. The van der Waals surface area contributed by atoms with Crippen molar-refractivity contribution in [1.82, 2.24) is 25.7 Å². The monoisotopic (exact) mass is 368 g/mol. The van der Waals surface area contributed by atoms with E-state index in [-0.39, 0.29) is 5.91 Å². The average Bonchev–Trinajstić information content (AvgIpc) is 3.01. The molecule has 1 amide bonds. The fourth-order valence-corrected chi connectivity index (χ4v) is 3.45. The summed E-state index contributed by atoms with van der Waals surface area (Å²) in [6.07, 6.45) is 5.20. The molecule has 0 aliphatic carbocycles. The van der Waals surface area contributed by atoms with E-state index in [0.29, 0.717) is 29.5 Å². The number of para-hydroxylation sites is 1. The van der Waals surface area contributed by atoms with Gasteiger partial charge < -0.3 is 10.2 Å². The molecule has 2 atom stereocenters. The zero-order chi connectivity index (χ0) is 19.2. The lowest BCUT2D eigenvalue weighted by molar-refractivity contribution is 0.0789. The molecule has 3 rings (SSSR count). The van der Waals surface area contributed by atoms with Crippen molar-refractivity contribution in [1.29, 1.82) is 0 Å². The number of amides is 1. The van der Waals surface area contributed by atoms with Gasteiger partial charge in [-0.05, 0) is 44.7 Å². The Bertz CT molecular complexity index is 726. The third-order valence-electron chi connectivity index (χ3n) is 5.13. The standard InChI is InChI=1S/C20H28N6O/c1-14-18(15(2)25-24-14)10-7-11-26(3)19(27)16-12-21-20(22-13-16)23-17-8-5-4-6-9-17/h4-6,8-9,12-15,18,24-25H,7,10-11H2,1-3H3,(H,21,22,23). The second-order valence-electron chi connectivity index (χ2n) is 7.19. The molecular formula is C20H28N6O. The Labute approximate surface area is 160 Å². The largest absolute Gasteiger partial charge is 0.342 e. The van der Waals surface area contributed by atoms with E-state index in [4.69, 9.17) is 0 Å². The van der Waals surface area contributed by atoms with Crippen LogP contribution in [0.5, 0.6) is 0 Å². The van der Waals surface area contributed by atoms with Crippen molar-refractivity contribution in [2.45, 2.75) is 38.8 Å². The minimum absolute atomic E-state index is 0.0509. The normalized spacial score (nSPS) is 21.8. The first-order valence-corrected chi connectivity index (χ1v) is 9.45. The molecule has 1 fully saturated rings. The molecule has 0 spiro atoms. The van der Waals surface area contributed by atoms with E-state index in [1.54, 1.807) is 17.3 Å². The van der Waals surface area contributed by atoms with Crippen LogP contribution in [-0.2, 0) is 0 Å². The lowest BCUT2D eigenvalue weighted by Crippen LogP contribution is -2.30. The van der Waals surface area contributed by atoms with Crippen molar-refractivity contribution in [3.63, 3.8) is 0 Å². The maximum absolute atomic E-state index is 12.6. The molecule has 1 aromatic carbocycles. The summed E-state index contributed by atoms with van der Waals surface area (Å²) in [6, 6.07) is 10.6. The van der Waals surface area contributed by atoms with Gasteiger partial charge in [0.05, 0.1) is 5.56 Å². The van der Waals surface area contributed by atoms with E-state index in [1.807, 2.05) is 37.4 Å². The molecule has 1 aromatic heterocycles. The van der Waals surface area contributed by atoms with Gasteiger partial charge >= 0.3 is 0 Å². The van der Waals surface area contributed by atoms with Crippen LogP contribution in [0.2, 0.25) is 0 Å². The van der Waals surface area contributed by atoms with Crippen LogP contribution in [-0.4, -0.2) is 46.5 Å². The molecule has 1 aliphatic rings. The fourth-order valence-electron chi connectivity index (χ4n) is 3.45. The maximum Gasteiger partial charge on any atom is 0.256 e. The Hall–Kier alpha value is -2.51. The first kappa shape index (κ1) is 19.3. The van der Waals surface area contributed by atoms with Crippen molar-refractivity contribution < 1.29 is 4.79 Å². The summed E-state index contributed by atoms with van der Waals surface area (Å²) < 4.78 is 0. The topological polar surface area (TPSA) is 82.2 Å². The minimum atomic E-state index is -0.0509. The molecule has 144 valence electrons. The highest BCUT2D eigenvalue weighted by Crippen LogP contribution is 2.20. The van der Waals surface area contributed by atoms with E-state index < -0.39 is 0 Å². The summed E-state index contributed by atoms with van der Waals surface area (Å²) in [4.78, 5) is 22.8. The molecule has 0 radical (unpaired) electrons. The molecule has 27 heavy (non-hydrogen) atoms. The van der Waals surface area contributed by atoms with Gasteiger partial charge in [0.15, 0.2) is 0 Å². The Morgan fingerprint density at radius 1 is 1.11 bits per heavy atom. The summed E-state index contributed by atoms with van der Waals surface area (Å²) >= 11 is 0. The van der Waals surface area contributed by atoms with Crippen LogP contribution in [0.4, 0.5) is 11.6 Å². The number of nitrogens with zero attached hydrogens (tertiary/aromatic N) is 3. The lowest BCUT2D eigenvalue weighted by Gasteiger charge is -2.21. The zero-order valence-corrected chi connectivity index (χ0v) is 16.1. The van der Waals surface area contributed by atoms with Gasteiger partial charge in [0.1, 0.15) is 0 Å². The Morgan fingerprint density at radius 3 is 2.37 bits per heavy atom. The number of carbonyl (C=O) groups excluding carboxylic acids is 1. The number of nitrogens with one attached hydrogen (secondary N) is 3. The highest BCUT2D eigenvalue weighted by molar-refractivity contribution is 5.93. The molecule has 0 saturated carbocycles.